The van der Waals surface area contributed by atoms with Gasteiger partial charge < -0.3 is 18.9 Å². The van der Waals surface area contributed by atoms with Crippen molar-refractivity contribution in [3.05, 3.63) is 46.4 Å². The highest BCUT2D eigenvalue weighted by atomic mass is 16.6. The second-order valence-corrected chi connectivity index (χ2v) is 7.70. The number of pyridine rings is 1. The minimum absolute atomic E-state index is 0.0309. The van der Waals surface area contributed by atoms with Crippen molar-refractivity contribution in [2.45, 2.75) is 25.8 Å². The first kappa shape index (κ1) is 16.4. The van der Waals surface area contributed by atoms with Crippen molar-refractivity contribution < 1.29 is 14.3 Å². The van der Waals surface area contributed by atoms with E-state index in [1.807, 2.05) is 27.7 Å². The highest BCUT2D eigenvalue weighted by Gasteiger charge is 2.35. The van der Waals surface area contributed by atoms with Gasteiger partial charge in [-0.25, -0.2) is 0 Å². The zero-order valence-electron chi connectivity index (χ0n) is 15.3. The molecule has 0 saturated carbocycles. The smallest absolute Gasteiger partial charge is 0.251 e. The Kier molecular flexibility index (Phi) is 3.74. The molecule has 1 aromatic carbocycles. The fraction of sp³-hybridized carbons (Fsp3) is 0.429. The number of carbonyl (C=O) groups excluding carboxylic acids is 1. The molecule has 0 radical (unpaired) electrons. The van der Waals surface area contributed by atoms with Gasteiger partial charge in [0, 0.05) is 44.2 Å². The molecule has 3 aliphatic heterocycles. The van der Waals surface area contributed by atoms with E-state index in [-0.39, 0.29) is 17.4 Å². The van der Waals surface area contributed by atoms with E-state index in [1.54, 1.807) is 13.0 Å². The predicted molar refractivity (Wildman–Crippen MR) is 100 cm³/mol. The maximum absolute atomic E-state index is 12.8. The van der Waals surface area contributed by atoms with Crippen molar-refractivity contribution in [3.63, 3.8) is 0 Å². The Morgan fingerprint density at radius 2 is 1.81 bits per heavy atom. The summed E-state index contributed by atoms with van der Waals surface area (Å²) in [7, 11) is 0. The Hall–Kier alpha value is -2.76. The molecule has 0 spiro atoms. The molecule has 0 aliphatic carbocycles. The second-order valence-electron chi connectivity index (χ2n) is 7.70. The zero-order valence-corrected chi connectivity index (χ0v) is 15.3. The summed E-state index contributed by atoms with van der Waals surface area (Å²) < 4.78 is 13.2. The number of benzene rings is 1. The second kappa shape index (κ2) is 6.15. The summed E-state index contributed by atoms with van der Waals surface area (Å²) in [6.45, 7) is 4.85. The molecule has 1 saturated heterocycles. The van der Waals surface area contributed by atoms with Crippen LogP contribution in [0.4, 0.5) is 0 Å². The van der Waals surface area contributed by atoms with Crippen molar-refractivity contribution in [3.8, 4) is 22.6 Å². The summed E-state index contributed by atoms with van der Waals surface area (Å²) in [6.07, 6.45) is 1.04. The van der Waals surface area contributed by atoms with E-state index >= 15 is 0 Å². The minimum Gasteiger partial charge on any atom is -0.486 e. The van der Waals surface area contributed by atoms with E-state index in [1.165, 1.54) is 0 Å². The summed E-state index contributed by atoms with van der Waals surface area (Å²) in [5.74, 6) is 2.15. The predicted octanol–water partition coefficient (Wildman–Crippen LogP) is 2.25. The molecule has 0 N–H and O–H groups in total. The quantitative estimate of drug-likeness (QED) is 0.777. The lowest BCUT2D eigenvalue weighted by Crippen LogP contribution is -2.48. The van der Waals surface area contributed by atoms with Crippen LogP contribution in [0, 0.1) is 5.92 Å². The van der Waals surface area contributed by atoms with E-state index in [0.717, 1.165) is 41.3 Å². The van der Waals surface area contributed by atoms with Gasteiger partial charge in [0.1, 0.15) is 13.2 Å². The third-order valence-electron chi connectivity index (χ3n) is 5.88. The number of hydrogen-bond donors (Lipinski definition) is 0. The first-order chi connectivity index (χ1) is 13.1. The van der Waals surface area contributed by atoms with E-state index in [9.17, 15) is 9.59 Å². The maximum atomic E-state index is 12.8. The number of piperidine rings is 1. The van der Waals surface area contributed by atoms with Crippen LogP contribution in [-0.4, -0.2) is 41.7 Å². The van der Waals surface area contributed by atoms with E-state index in [4.69, 9.17) is 9.47 Å². The van der Waals surface area contributed by atoms with Crippen molar-refractivity contribution in [1.29, 1.82) is 0 Å². The number of hydrogen-bond acceptors (Lipinski definition) is 4. The third kappa shape index (κ3) is 2.80. The normalized spacial score (nSPS) is 22.9. The molecule has 0 unspecified atom stereocenters. The van der Waals surface area contributed by atoms with Crippen LogP contribution in [0.15, 0.2) is 35.1 Å². The lowest BCUT2D eigenvalue weighted by Gasteiger charge is -2.42. The van der Waals surface area contributed by atoms with Gasteiger partial charge in [-0.1, -0.05) is 6.07 Å². The minimum atomic E-state index is 0.0309. The highest BCUT2D eigenvalue weighted by Crippen LogP contribution is 2.38. The van der Waals surface area contributed by atoms with Crippen LogP contribution in [0.3, 0.4) is 0 Å². The summed E-state index contributed by atoms with van der Waals surface area (Å²) in [4.78, 5) is 26.6. The maximum Gasteiger partial charge on any atom is 0.251 e. The van der Waals surface area contributed by atoms with Crippen LogP contribution >= 0.6 is 0 Å². The number of likely N-dealkylation sites (tertiary alicyclic amines) is 1. The van der Waals surface area contributed by atoms with Crippen molar-refractivity contribution in [2.24, 2.45) is 5.92 Å². The standard InChI is InChI=1S/C21H22N2O4/c1-13(24)22-10-14-6-17(12-22)18-7-16(9-21(25)23(18)11-14)15-2-3-19-20(8-15)27-5-4-26-19/h2-3,7-9,14,17H,4-6,10-12H2,1H3/t14-,17+/m0/s1. The van der Waals surface area contributed by atoms with Crippen molar-refractivity contribution in [2.75, 3.05) is 26.3 Å². The molecule has 6 heteroatoms. The Bertz CT molecular complexity index is 981. The Labute approximate surface area is 157 Å². The molecule has 140 valence electrons. The van der Waals surface area contributed by atoms with Gasteiger partial charge in [0.25, 0.3) is 5.56 Å². The van der Waals surface area contributed by atoms with Crippen molar-refractivity contribution >= 4 is 5.91 Å². The average Bonchev–Trinajstić information content (AvgIpc) is 2.68. The van der Waals surface area contributed by atoms with Crippen LogP contribution in [0.25, 0.3) is 11.1 Å². The van der Waals surface area contributed by atoms with Crippen LogP contribution in [0.1, 0.15) is 25.0 Å². The monoisotopic (exact) mass is 366 g/mol. The molecule has 2 bridgehead atoms. The third-order valence-corrected chi connectivity index (χ3v) is 5.88. The topological polar surface area (TPSA) is 60.8 Å². The van der Waals surface area contributed by atoms with Gasteiger partial charge in [-0.3, -0.25) is 9.59 Å². The molecule has 6 nitrogen and oxygen atoms in total. The van der Waals surface area contributed by atoms with Gasteiger partial charge >= 0.3 is 0 Å². The Balaban J connectivity index is 1.56. The van der Waals surface area contributed by atoms with Crippen LogP contribution in [0.2, 0.25) is 0 Å². The molecule has 27 heavy (non-hydrogen) atoms. The zero-order chi connectivity index (χ0) is 18.5. The Morgan fingerprint density at radius 1 is 1.00 bits per heavy atom. The number of carbonyl (C=O) groups is 1. The molecule has 4 heterocycles. The number of amides is 1. The Morgan fingerprint density at radius 3 is 2.63 bits per heavy atom. The van der Waals surface area contributed by atoms with E-state index in [0.29, 0.717) is 32.2 Å². The number of fused-ring (bicyclic) bond motifs is 5. The van der Waals surface area contributed by atoms with Crippen molar-refractivity contribution in [1.82, 2.24) is 9.47 Å². The fourth-order valence-corrected chi connectivity index (χ4v) is 4.61. The van der Waals surface area contributed by atoms with Gasteiger partial charge in [-0.15, -0.1) is 0 Å². The molecular formula is C21H22N2O4. The molecule has 2 atom stereocenters. The largest absolute Gasteiger partial charge is 0.486 e. The molecule has 3 aliphatic rings. The molecule has 2 aromatic rings. The van der Waals surface area contributed by atoms with Gasteiger partial charge in [-0.05, 0) is 41.7 Å². The SMILES string of the molecule is CC(=O)N1C[C@@H]2C[C@H](C1)c1cc(-c3ccc4c(c3)OCCO4)cc(=O)n1C2. The lowest BCUT2D eigenvalue weighted by atomic mass is 9.82. The molecule has 1 fully saturated rings. The van der Waals surface area contributed by atoms with Crippen LogP contribution in [0.5, 0.6) is 11.5 Å². The molecule has 1 aromatic heterocycles. The first-order valence-corrected chi connectivity index (χ1v) is 9.49. The van der Waals surface area contributed by atoms with Gasteiger partial charge in [0.2, 0.25) is 5.91 Å². The molecular weight excluding hydrogens is 344 g/mol. The van der Waals surface area contributed by atoms with Crippen LogP contribution in [-0.2, 0) is 11.3 Å². The van der Waals surface area contributed by atoms with E-state index in [2.05, 4.69) is 6.07 Å². The summed E-state index contributed by atoms with van der Waals surface area (Å²) in [5, 5.41) is 0. The molecule has 1 amide bonds. The van der Waals surface area contributed by atoms with Crippen LogP contribution < -0.4 is 15.0 Å². The van der Waals surface area contributed by atoms with Gasteiger partial charge in [0.15, 0.2) is 11.5 Å². The number of nitrogens with zero attached hydrogens (tertiary/aromatic N) is 2. The summed E-state index contributed by atoms with van der Waals surface area (Å²) in [5.41, 5.74) is 2.90. The highest BCUT2D eigenvalue weighted by molar-refractivity contribution is 5.73. The number of aromatic nitrogens is 1. The fourth-order valence-electron chi connectivity index (χ4n) is 4.61. The number of ether oxygens (including phenoxy) is 2. The average molecular weight is 366 g/mol. The van der Waals surface area contributed by atoms with Gasteiger partial charge in [-0.2, -0.15) is 0 Å². The van der Waals surface area contributed by atoms with Gasteiger partial charge in [0.05, 0.1) is 0 Å². The van der Waals surface area contributed by atoms with E-state index < -0.39 is 0 Å². The summed E-state index contributed by atoms with van der Waals surface area (Å²) in [6, 6.07) is 9.62. The first-order valence-electron chi connectivity index (χ1n) is 9.49. The molecule has 5 rings (SSSR count). The lowest BCUT2D eigenvalue weighted by molar-refractivity contribution is -0.131. The summed E-state index contributed by atoms with van der Waals surface area (Å²) >= 11 is 0. The number of rotatable bonds is 1.